The fourth-order valence-electron chi connectivity index (χ4n) is 2.25. The summed E-state index contributed by atoms with van der Waals surface area (Å²) in [5, 5.41) is 0.754. The van der Waals surface area contributed by atoms with Gasteiger partial charge < -0.3 is 4.74 Å². The summed E-state index contributed by atoms with van der Waals surface area (Å²) in [5.41, 5.74) is 4.06. The Bertz CT molecular complexity index is 340. The van der Waals surface area contributed by atoms with Crippen LogP contribution < -0.4 is 11.3 Å². The van der Waals surface area contributed by atoms with Crippen LogP contribution in [-0.2, 0) is 4.74 Å². The highest BCUT2D eigenvalue weighted by atomic mass is 35.5. The summed E-state index contributed by atoms with van der Waals surface area (Å²) >= 11 is 5.99. The van der Waals surface area contributed by atoms with E-state index >= 15 is 0 Å². The summed E-state index contributed by atoms with van der Waals surface area (Å²) in [6.07, 6.45) is 2.09. The molecule has 3 N–H and O–H groups in total. The predicted molar refractivity (Wildman–Crippen MR) is 65.1 cm³/mol. The van der Waals surface area contributed by atoms with Gasteiger partial charge in [0.1, 0.15) is 0 Å². The van der Waals surface area contributed by atoms with E-state index in [9.17, 15) is 0 Å². The summed E-state index contributed by atoms with van der Waals surface area (Å²) in [4.78, 5) is 0. The zero-order valence-electron chi connectivity index (χ0n) is 9.16. The fraction of sp³-hybridized carbons (Fsp3) is 0.500. The minimum Gasteiger partial charge on any atom is -0.381 e. The molecule has 0 bridgehead atoms. The van der Waals surface area contributed by atoms with Crippen molar-refractivity contribution in [3.8, 4) is 0 Å². The van der Waals surface area contributed by atoms with Gasteiger partial charge in [0, 0.05) is 24.3 Å². The second-order valence-corrected chi connectivity index (χ2v) is 4.59. The molecule has 3 nitrogen and oxygen atoms in total. The van der Waals surface area contributed by atoms with Gasteiger partial charge in [0.2, 0.25) is 0 Å². The maximum atomic E-state index is 5.99. The molecule has 1 aliphatic rings. The first-order valence-corrected chi connectivity index (χ1v) is 5.98. The van der Waals surface area contributed by atoms with E-state index in [1.807, 2.05) is 18.2 Å². The average molecular weight is 241 g/mol. The van der Waals surface area contributed by atoms with Gasteiger partial charge in [-0.1, -0.05) is 23.7 Å². The van der Waals surface area contributed by atoms with Crippen LogP contribution in [0.4, 0.5) is 0 Å². The third-order valence-electron chi connectivity index (χ3n) is 3.12. The van der Waals surface area contributed by atoms with E-state index in [0.717, 1.165) is 36.6 Å². The SMILES string of the molecule is NNC(c1cccc(Cl)c1)C1CCOCC1. The molecule has 1 unspecified atom stereocenters. The zero-order chi connectivity index (χ0) is 11.4. The second kappa shape index (κ2) is 5.64. The predicted octanol–water partition coefficient (Wildman–Crippen LogP) is 2.27. The minimum atomic E-state index is 0.169. The monoisotopic (exact) mass is 240 g/mol. The van der Waals surface area contributed by atoms with Gasteiger partial charge in [0.25, 0.3) is 0 Å². The fourth-order valence-corrected chi connectivity index (χ4v) is 2.45. The van der Waals surface area contributed by atoms with Crippen LogP contribution in [0.25, 0.3) is 0 Å². The highest BCUT2D eigenvalue weighted by molar-refractivity contribution is 6.30. The summed E-state index contributed by atoms with van der Waals surface area (Å²) in [5.74, 6) is 6.18. The molecule has 1 aromatic carbocycles. The molecule has 16 heavy (non-hydrogen) atoms. The lowest BCUT2D eigenvalue weighted by molar-refractivity contribution is 0.0536. The molecule has 1 aromatic rings. The van der Waals surface area contributed by atoms with Crippen LogP contribution in [0.3, 0.4) is 0 Å². The van der Waals surface area contributed by atoms with E-state index < -0.39 is 0 Å². The lowest BCUT2D eigenvalue weighted by Crippen LogP contribution is -2.36. The molecule has 0 aromatic heterocycles. The molecule has 1 saturated heterocycles. The molecule has 1 heterocycles. The molecule has 0 radical (unpaired) electrons. The Morgan fingerprint density at radius 1 is 1.38 bits per heavy atom. The molecular formula is C12H17ClN2O. The topological polar surface area (TPSA) is 47.3 Å². The molecule has 1 atom stereocenters. The lowest BCUT2D eigenvalue weighted by atomic mass is 9.87. The Morgan fingerprint density at radius 2 is 2.12 bits per heavy atom. The average Bonchev–Trinajstić information content (AvgIpc) is 2.31. The summed E-state index contributed by atoms with van der Waals surface area (Å²) < 4.78 is 5.36. The quantitative estimate of drug-likeness (QED) is 0.630. The molecule has 1 aliphatic heterocycles. The van der Waals surface area contributed by atoms with Crippen molar-refractivity contribution in [2.24, 2.45) is 11.8 Å². The molecule has 2 rings (SSSR count). The molecule has 0 spiro atoms. The van der Waals surface area contributed by atoms with Crippen molar-refractivity contribution in [3.05, 3.63) is 34.9 Å². The number of benzene rings is 1. The van der Waals surface area contributed by atoms with Gasteiger partial charge in [0.05, 0.1) is 0 Å². The van der Waals surface area contributed by atoms with E-state index in [4.69, 9.17) is 22.2 Å². The number of hydrazine groups is 1. The first-order valence-electron chi connectivity index (χ1n) is 5.60. The van der Waals surface area contributed by atoms with Gasteiger partial charge in [0.15, 0.2) is 0 Å². The maximum absolute atomic E-state index is 5.99. The maximum Gasteiger partial charge on any atom is 0.0490 e. The number of hydrogen-bond acceptors (Lipinski definition) is 3. The molecule has 1 fully saturated rings. The van der Waals surface area contributed by atoms with Crippen LogP contribution in [0.1, 0.15) is 24.4 Å². The van der Waals surface area contributed by atoms with Crippen molar-refractivity contribution < 1.29 is 4.74 Å². The van der Waals surface area contributed by atoms with Crippen molar-refractivity contribution in [2.45, 2.75) is 18.9 Å². The van der Waals surface area contributed by atoms with Gasteiger partial charge in [-0.2, -0.15) is 0 Å². The normalized spacial score (nSPS) is 19.6. The number of ether oxygens (including phenoxy) is 1. The Kier molecular flexibility index (Phi) is 4.18. The van der Waals surface area contributed by atoms with Crippen LogP contribution in [0.15, 0.2) is 24.3 Å². The largest absolute Gasteiger partial charge is 0.381 e. The van der Waals surface area contributed by atoms with E-state index in [-0.39, 0.29) is 6.04 Å². The van der Waals surface area contributed by atoms with Gasteiger partial charge in [-0.15, -0.1) is 0 Å². The zero-order valence-corrected chi connectivity index (χ0v) is 9.91. The second-order valence-electron chi connectivity index (χ2n) is 4.15. The summed E-state index contributed by atoms with van der Waals surface area (Å²) in [6.45, 7) is 1.65. The van der Waals surface area contributed by atoms with Gasteiger partial charge in [-0.3, -0.25) is 11.3 Å². The molecule has 0 amide bonds. The van der Waals surface area contributed by atoms with Crippen LogP contribution in [-0.4, -0.2) is 13.2 Å². The Hall–Kier alpha value is -0.610. The van der Waals surface area contributed by atoms with Crippen LogP contribution in [0.5, 0.6) is 0 Å². The number of nitrogens with one attached hydrogen (secondary N) is 1. The Morgan fingerprint density at radius 3 is 2.75 bits per heavy atom. The smallest absolute Gasteiger partial charge is 0.0490 e. The third-order valence-corrected chi connectivity index (χ3v) is 3.36. The van der Waals surface area contributed by atoms with E-state index in [1.165, 1.54) is 0 Å². The minimum absolute atomic E-state index is 0.169. The number of nitrogens with two attached hydrogens (primary N) is 1. The molecule has 0 saturated carbocycles. The van der Waals surface area contributed by atoms with Crippen LogP contribution >= 0.6 is 11.6 Å². The molecule has 88 valence electrons. The highest BCUT2D eigenvalue weighted by Crippen LogP contribution is 2.30. The van der Waals surface area contributed by atoms with Gasteiger partial charge in [-0.05, 0) is 36.5 Å². The number of hydrogen-bond donors (Lipinski definition) is 2. The van der Waals surface area contributed by atoms with Crippen molar-refractivity contribution in [2.75, 3.05) is 13.2 Å². The van der Waals surface area contributed by atoms with Gasteiger partial charge in [-0.25, -0.2) is 0 Å². The number of halogens is 1. The number of rotatable bonds is 3. The summed E-state index contributed by atoms with van der Waals surface area (Å²) in [6, 6.07) is 8.04. The first kappa shape index (κ1) is 11.9. The van der Waals surface area contributed by atoms with Crippen LogP contribution in [0, 0.1) is 5.92 Å². The van der Waals surface area contributed by atoms with Crippen molar-refractivity contribution in [1.82, 2.24) is 5.43 Å². The summed E-state index contributed by atoms with van der Waals surface area (Å²) in [7, 11) is 0. The Labute approximate surface area is 101 Å². The van der Waals surface area contributed by atoms with E-state index in [0.29, 0.717) is 5.92 Å². The first-order chi connectivity index (χ1) is 7.81. The Balaban J connectivity index is 2.14. The molecule has 0 aliphatic carbocycles. The van der Waals surface area contributed by atoms with E-state index in [2.05, 4.69) is 11.5 Å². The molecule has 4 heteroatoms. The standard InChI is InChI=1S/C12H17ClN2O/c13-11-3-1-2-10(8-11)12(15-14)9-4-6-16-7-5-9/h1-3,8-9,12,15H,4-7,14H2. The third kappa shape index (κ3) is 2.74. The van der Waals surface area contributed by atoms with Crippen molar-refractivity contribution >= 4 is 11.6 Å². The van der Waals surface area contributed by atoms with Gasteiger partial charge >= 0.3 is 0 Å². The molecular weight excluding hydrogens is 224 g/mol. The van der Waals surface area contributed by atoms with Crippen molar-refractivity contribution in [3.63, 3.8) is 0 Å². The lowest BCUT2D eigenvalue weighted by Gasteiger charge is -2.30. The van der Waals surface area contributed by atoms with E-state index in [1.54, 1.807) is 0 Å². The highest BCUT2D eigenvalue weighted by Gasteiger charge is 2.24. The van der Waals surface area contributed by atoms with Crippen molar-refractivity contribution in [1.29, 1.82) is 0 Å². The van der Waals surface area contributed by atoms with Crippen LogP contribution in [0.2, 0.25) is 5.02 Å².